The highest BCUT2D eigenvalue weighted by Gasteiger charge is 2.06. The highest BCUT2D eigenvalue weighted by Crippen LogP contribution is 2.23. The van der Waals surface area contributed by atoms with E-state index in [0.29, 0.717) is 12.4 Å². The lowest BCUT2D eigenvalue weighted by molar-refractivity contribution is -0.111. The second kappa shape index (κ2) is 7.04. The maximum Gasteiger partial charge on any atom is 0.249 e. The second-order valence-corrected chi connectivity index (χ2v) is 7.94. The fraction of sp³-hybridized carbons (Fsp3) is 0.0667. The summed E-state index contributed by atoms with van der Waals surface area (Å²) < 4.78 is 2.82. The van der Waals surface area contributed by atoms with Gasteiger partial charge < -0.3 is 5.32 Å². The van der Waals surface area contributed by atoms with Crippen molar-refractivity contribution in [2.75, 3.05) is 5.32 Å². The molecule has 0 aliphatic carbocycles. The van der Waals surface area contributed by atoms with E-state index in [4.69, 9.17) is 0 Å². The van der Waals surface area contributed by atoms with Crippen LogP contribution in [0.1, 0.15) is 9.75 Å². The summed E-state index contributed by atoms with van der Waals surface area (Å²) in [6, 6.07) is 9.76. The van der Waals surface area contributed by atoms with E-state index >= 15 is 0 Å². The Balaban J connectivity index is 1.64. The van der Waals surface area contributed by atoms with Gasteiger partial charge in [-0.1, -0.05) is 6.07 Å². The van der Waals surface area contributed by atoms with Crippen LogP contribution in [0.5, 0.6) is 0 Å². The smallest absolute Gasteiger partial charge is 0.249 e. The molecule has 0 spiro atoms. The summed E-state index contributed by atoms with van der Waals surface area (Å²) in [5, 5.41) is 9.13. The molecule has 7 heteroatoms. The Kier molecular flexibility index (Phi) is 4.87. The van der Waals surface area contributed by atoms with Gasteiger partial charge in [0.05, 0.1) is 16.5 Å². The topological polar surface area (TPSA) is 46.9 Å². The van der Waals surface area contributed by atoms with Crippen molar-refractivity contribution in [3.63, 3.8) is 0 Å². The molecule has 0 unspecified atom stereocenters. The number of halogens is 1. The molecule has 0 radical (unpaired) electrons. The number of hydrogen-bond donors (Lipinski definition) is 1. The summed E-state index contributed by atoms with van der Waals surface area (Å²) in [7, 11) is 0. The predicted molar refractivity (Wildman–Crippen MR) is 95.3 cm³/mol. The zero-order chi connectivity index (χ0) is 15.4. The van der Waals surface area contributed by atoms with Gasteiger partial charge in [-0.25, -0.2) is 4.68 Å². The van der Waals surface area contributed by atoms with E-state index in [1.807, 2.05) is 29.6 Å². The van der Waals surface area contributed by atoms with E-state index in [2.05, 4.69) is 26.3 Å². The molecule has 0 saturated carbocycles. The highest BCUT2D eigenvalue weighted by molar-refractivity contribution is 9.11. The van der Waals surface area contributed by atoms with E-state index in [1.165, 1.54) is 11.0 Å². The maximum atomic E-state index is 12.0. The minimum Gasteiger partial charge on any atom is -0.307 e. The fourth-order valence-corrected chi connectivity index (χ4v) is 3.87. The zero-order valence-electron chi connectivity index (χ0n) is 11.4. The Morgan fingerprint density at radius 3 is 3.00 bits per heavy atom. The molecule has 0 saturated heterocycles. The summed E-state index contributed by atoms with van der Waals surface area (Å²) in [5.41, 5.74) is 0. The number of amides is 1. The van der Waals surface area contributed by atoms with E-state index in [0.717, 1.165) is 8.66 Å². The van der Waals surface area contributed by atoms with Crippen LogP contribution in [0.3, 0.4) is 0 Å². The van der Waals surface area contributed by atoms with Crippen molar-refractivity contribution >= 4 is 56.4 Å². The van der Waals surface area contributed by atoms with Gasteiger partial charge in [-0.05, 0) is 45.6 Å². The first-order valence-electron chi connectivity index (χ1n) is 6.49. The first kappa shape index (κ1) is 15.2. The normalized spacial score (nSPS) is 11.1. The van der Waals surface area contributed by atoms with Gasteiger partial charge in [-0.3, -0.25) is 4.79 Å². The Hall–Kier alpha value is -1.70. The Morgan fingerprint density at radius 1 is 1.36 bits per heavy atom. The minimum absolute atomic E-state index is 0.169. The lowest BCUT2D eigenvalue weighted by atomic mass is 10.4. The molecular formula is C15H12BrN3OS2. The van der Waals surface area contributed by atoms with Crippen molar-refractivity contribution in [3.05, 3.63) is 61.5 Å². The van der Waals surface area contributed by atoms with Crippen LogP contribution in [-0.4, -0.2) is 15.7 Å². The summed E-state index contributed by atoms with van der Waals surface area (Å²) in [5.74, 6) is 0.521. The molecule has 1 N–H and O–H groups in total. The van der Waals surface area contributed by atoms with Crippen LogP contribution in [-0.2, 0) is 11.3 Å². The SMILES string of the molecule is O=C(C=Cc1ccc(Br)s1)Nc1ccnn1Cc1cccs1. The first-order chi connectivity index (χ1) is 10.7. The molecule has 3 heterocycles. The molecule has 0 fully saturated rings. The molecule has 0 atom stereocenters. The summed E-state index contributed by atoms with van der Waals surface area (Å²) in [4.78, 5) is 14.2. The van der Waals surface area contributed by atoms with Crippen LogP contribution in [0.15, 0.2) is 51.8 Å². The van der Waals surface area contributed by atoms with Gasteiger partial charge in [0.15, 0.2) is 0 Å². The van der Waals surface area contributed by atoms with Crippen molar-refractivity contribution < 1.29 is 4.79 Å². The van der Waals surface area contributed by atoms with Crippen molar-refractivity contribution in [1.29, 1.82) is 0 Å². The standard InChI is InChI=1S/C15H12BrN3OS2/c16-13-5-3-11(22-13)4-6-15(20)18-14-7-8-17-19(14)10-12-2-1-9-21-12/h1-9H,10H2,(H,18,20). The molecule has 3 rings (SSSR count). The molecule has 0 aromatic carbocycles. The number of aromatic nitrogens is 2. The fourth-order valence-electron chi connectivity index (χ4n) is 1.86. The van der Waals surface area contributed by atoms with Crippen LogP contribution in [0.25, 0.3) is 6.08 Å². The third kappa shape index (κ3) is 3.94. The largest absolute Gasteiger partial charge is 0.307 e. The summed E-state index contributed by atoms with van der Waals surface area (Å²) >= 11 is 6.64. The number of hydrogen-bond acceptors (Lipinski definition) is 4. The Labute approximate surface area is 144 Å². The number of nitrogens with zero attached hydrogens (tertiary/aromatic N) is 2. The number of anilines is 1. The number of thiophene rings is 2. The highest BCUT2D eigenvalue weighted by atomic mass is 79.9. The van der Waals surface area contributed by atoms with Gasteiger partial charge in [-0.2, -0.15) is 5.10 Å². The number of rotatable bonds is 5. The Morgan fingerprint density at radius 2 is 2.27 bits per heavy atom. The van der Waals surface area contributed by atoms with E-state index < -0.39 is 0 Å². The molecule has 112 valence electrons. The average Bonchev–Trinajstić information content (AvgIpc) is 3.22. The second-order valence-electron chi connectivity index (χ2n) is 4.42. The van der Waals surface area contributed by atoms with Crippen molar-refractivity contribution in [1.82, 2.24) is 9.78 Å². The summed E-state index contributed by atoms with van der Waals surface area (Å²) in [6.45, 7) is 0.655. The average molecular weight is 394 g/mol. The van der Waals surface area contributed by atoms with Crippen LogP contribution >= 0.6 is 38.6 Å². The molecule has 0 aliphatic heterocycles. The Bertz CT molecular complexity index is 789. The minimum atomic E-state index is -0.169. The molecule has 3 aromatic rings. The molecule has 1 amide bonds. The number of nitrogens with one attached hydrogen (secondary N) is 1. The van der Waals surface area contributed by atoms with Gasteiger partial charge >= 0.3 is 0 Å². The predicted octanol–water partition coefficient (Wildman–Crippen LogP) is 4.47. The van der Waals surface area contributed by atoms with Gasteiger partial charge in [0.25, 0.3) is 0 Å². The lowest BCUT2D eigenvalue weighted by Gasteiger charge is -2.06. The molecular weight excluding hydrogens is 382 g/mol. The molecule has 0 aliphatic rings. The van der Waals surface area contributed by atoms with Gasteiger partial charge in [0.2, 0.25) is 5.91 Å². The maximum absolute atomic E-state index is 12.0. The van der Waals surface area contributed by atoms with Crippen molar-refractivity contribution in [3.8, 4) is 0 Å². The van der Waals surface area contributed by atoms with E-state index in [9.17, 15) is 4.79 Å². The zero-order valence-corrected chi connectivity index (χ0v) is 14.6. The van der Waals surface area contributed by atoms with E-state index in [-0.39, 0.29) is 5.91 Å². The van der Waals surface area contributed by atoms with Crippen molar-refractivity contribution in [2.24, 2.45) is 0 Å². The van der Waals surface area contributed by atoms with Crippen LogP contribution < -0.4 is 5.32 Å². The first-order valence-corrected chi connectivity index (χ1v) is 8.98. The van der Waals surface area contributed by atoms with Gasteiger partial charge in [0, 0.05) is 21.9 Å². The van der Waals surface area contributed by atoms with Gasteiger partial charge in [0.1, 0.15) is 5.82 Å². The monoisotopic (exact) mass is 393 g/mol. The summed E-state index contributed by atoms with van der Waals surface area (Å²) in [6.07, 6.45) is 5.01. The molecule has 4 nitrogen and oxygen atoms in total. The molecule has 3 aromatic heterocycles. The molecule has 22 heavy (non-hydrogen) atoms. The van der Waals surface area contributed by atoms with Gasteiger partial charge in [-0.15, -0.1) is 22.7 Å². The lowest BCUT2D eigenvalue weighted by Crippen LogP contribution is -2.13. The van der Waals surface area contributed by atoms with Crippen LogP contribution in [0.2, 0.25) is 0 Å². The third-order valence-corrected chi connectivity index (χ3v) is 5.30. The third-order valence-electron chi connectivity index (χ3n) is 2.85. The van der Waals surface area contributed by atoms with Crippen LogP contribution in [0, 0.1) is 0 Å². The number of carbonyl (C=O) groups excluding carboxylic acids is 1. The van der Waals surface area contributed by atoms with Crippen molar-refractivity contribution in [2.45, 2.75) is 6.54 Å². The van der Waals surface area contributed by atoms with E-state index in [1.54, 1.807) is 45.7 Å². The van der Waals surface area contributed by atoms with Crippen LogP contribution in [0.4, 0.5) is 5.82 Å². The quantitative estimate of drug-likeness (QED) is 0.649. The molecule has 0 bridgehead atoms. The number of carbonyl (C=O) groups is 1.